The molecule has 1 saturated heterocycles. The highest BCUT2D eigenvalue weighted by Gasteiger charge is 2.22. The highest BCUT2D eigenvalue weighted by atomic mass is 16.5. The maximum absolute atomic E-state index is 12.6. The predicted molar refractivity (Wildman–Crippen MR) is 92.4 cm³/mol. The van der Waals surface area contributed by atoms with Gasteiger partial charge in [-0.3, -0.25) is 0 Å². The summed E-state index contributed by atoms with van der Waals surface area (Å²) in [6.45, 7) is 3.55. The number of hydrogen-bond acceptors (Lipinski definition) is 7. The van der Waals surface area contributed by atoms with Crippen molar-refractivity contribution in [3.63, 3.8) is 0 Å². The standard InChI is InChI=1S/C16H22N6O4/c1-11-18-19-20-22(11)14-5-13(6-15(7-14)25-2)17-16(24)21-3-4-26-10-12(8-21)9-23/h5-7,12,23H,3-4,8-10H2,1-2H3,(H,17,24). The lowest BCUT2D eigenvalue weighted by Gasteiger charge is -2.23. The fraction of sp³-hybridized carbons (Fsp3) is 0.500. The molecule has 2 heterocycles. The highest BCUT2D eigenvalue weighted by molar-refractivity contribution is 5.90. The SMILES string of the molecule is COc1cc(NC(=O)N2CCOCC(CO)C2)cc(-n2nnnc2C)c1. The molecule has 140 valence electrons. The number of nitrogens with one attached hydrogen (secondary N) is 1. The van der Waals surface area contributed by atoms with Crippen LogP contribution < -0.4 is 10.1 Å². The largest absolute Gasteiger partial charge is 0.497 e. The number of anilines is 1. The normalized spacial score (nSPS) is 17.7. The van der Waals surface area contributed by atoms with E-state index in [9.17, 15) is 9.90 Å². The average molecular weight is 362 g/mol. The number of aliphatic hydroxyl groups excluding tert-OH is 1. The Balaban J connectivity index is 1.80. The van der Waals surface area contributed by atoms with Crippen LogP contribution in [0.1, 0.15) is 5.82 Å². The lowest BCUT2D eigenvalue weighted by molar-refractivity contribution is 0.0958. The van der Waals surface area contributed by atoms with Gasteiger partial charge < -0.3 is 24.8 Å². The molecule has 10 nitrogen and oxygen atoms in total. The summed E-state index contributed by atoms with van der Waals surface area (Å²) in [7, 11) is 1.55. The minimum absolute atomic E-state index is 0.0222. The van der Waals surface area contributed by atoms with E-state index in [1.165, 1.54) is 0 Å². The topological polar surface area (TPSA) is 115 Å². The summed E-state index contributed by atoms with van der Waals surface area (Å²) in [5, 5.41) is 23.7. The van der Waals surface area contributed by atoms with Gasteiger partial charge in [-0.15, -0.1) is 5.10 Å². The van der Waals surface area contributed by atoms with Gasteiger partial charge in [0.25, 0.3) is 0 Å². The van der Waals surface area contributed by atoms with E-state index in [2.05, 4.69) is 20.8 Å². The number of ether oxygens (including phenoxy) is 2. The Labute approximate surface area is 150 Å². The lowest BCUT2D eigenvalue weighted by atomic mass is 10.1. The van der Waals surface area contributed by atoms with E-state index >= 15 is 0 Å². The number of carbonyl (C=O) groups excluding carboxylic acids is 1. The molecule has 1 aliphatic heterocycles. The molecule has 0 saturated carbocycles. The number of aliphatic hydroxyl groups is 1. The van der Waals surface area contributed by atoms with Crippen LogP contribution in [0.5, 0.6) is 5.75 Å². The summed E-state index contributed by atoms with van der Waals surface area (Å²) >= 11 is 0. The molecule has 1 unspecified atom stereocenters. The molecule has 1 fully saturated rings. The molecule has 10 heteroatoms. The first kappa shape index (κ1) is 18.1. The molecule has 0 aliphatic carbocycles. The summed E-state index contributed by atoms with van der Waals surface area (Å²) < 4.78 is 12.3. The van der Waals surface area contributed by atoms with E-state index < -0.39 is 0 Å². The Morgan fingerprint density at radius 3 is 3.00 bits per heavy atom. The second-order valence-corrected chi connectivity index (χ2v) is 6.06. The van der Waals surface area contributed by atoms with Crippen LogP contribution >= 0.6 is 0 Å². The molecule has 26 heavy (non-hydrogen) atoms. The maximum atomic E-state index is 12.6. The van der Waals surface area contributed by atoms with Gasteiger partial charge in [-0.2, -0.15) is 4.68 Å². The number of aromatic nitrogens is 4. The molecular weight excluding hydrogens is 340 g/mol. The number of amides is 2. The Hall–Kier alpha value is -2.72. The van der Waals surface area contributed by atoms with Gasteiger partial charge in [0.05, 0.1) is 26.0 Å². The van der Waals surface area contributed by atoms with Gasteiger partial charge in [-0.05, 0) is 23.4 Å². The quantitative estimate of drug-likeness (QED) is 0.811. The van der Waals surface area contributed by atoms with E-state index in [1.807, 2.05) is 0 Å². The summed E-state index contributed by atoms with van der Waals surface area (Å²) in [4.78, 5) is 14.3. The molecule has 1 atom stereocenters. The molecule has 0 bridgehead atoms. The van der Waals surface area contributed by atoms with Crippen LogP contribution in [0.4, 0.5) is 10.5 Å². The van der Waals surface area contributed by atoms with Crippen LogP contribution in [0.15, 0.2) is 18.2 Å². The molecule has 1 aromatic carbocycles. The number of hydrogen-bond donors (Lipinski definition) is 2. The predicted octanol–water partition coefficient (Wildman–Crippen LogP) is 0.452. The van der Waals surface area contributed by atoms with Crippen LogP contribution in [0.2, 0.25) is 0 Å². The van der Waals surface area contributed by atoms with E-state index in [0.717, 1.165) is 0 Å². The number of carbonyl (C=O) groups is 1. The Morgan fingerprint density at radius 2 is 2.31 bits per heavy atom. The van der Waals surface area contributed by atoms with Crippen molar-refractivity contribution in [3.05, 3.63) is 24.0 Å². The van der Waals surface area contributed by atoms with Crippen LogP contribution in [0.25, 0.3) is 5.69 Å². The molecule has 2 N–H and O–H groups in total. The van der Waals surface area contributed by atoms with Gasteiger partial charge in [-0.25, -0.2) is 4.79 Å². The number of urea groups is 1. The van der Waals surface area contributed by atoms with Crippen LogP contribution in [0.3, 0.4) is 0 Å². The van der Waals surface area contributed by atoms with Gasteiger partial charge in [0.15, 0.2) is 5.82 Å². The minimum Gasteiger partial charge on any atom is -0.497 e. The van der Waals surface area contributed by atoms with Crippen molar-refractivity contribution in [3.8, 4) is 11.4 Å². The summed E-state index contributed by atoms with van der Waals surface area (Å²) in [6.07, 6.45) is 0. The van der Waals surface area contributed by atoms with Gasteiger partial charge in [-0.1, -0.05) is 0 Å². The Morgan fingerprint density at radius 1 is 1.46 bits per heavy atom. The van der Waals surface area contributed by atoms with Gasteiger partial charge in [0.2, 0.25) is 0 Å². The van der Waals surface area contributed by atoms with Crippen LogP contribution in [0, 0.1) is 12.8 Å². The van der Waals surface area contributed by atoms with Crippen molar-refractivity contribution in [2.45, 2.75) is 6.92 Å². The molecular formula is C16H22N6O4. The van der Waals surface area contributed by atoms with E-state index in [0.29, 0.717) is 49.3 Å². The molecule has 0 radical (unpaired) electrons. The van der Waals surface area contributed by atoms with Crippen molar-refractivity contribution in [2.75, 3.05) is 45.3 Å². The number of aryl methyl sites for hydroxylation is 1. The van der Waals surface area contributed by atoms with Crippen molar-refractivity contribution in [2.24, 2.45) is 5.92 Å². The molecule has 0 spiro atoms. The van der Waals surface area contributed by atoms with E-state index in [1.54, 1.807) is 41.8 Å². The van der Waals surface area contributed by atoms with Crippen LogP contribution in [-0.4, -0.2) is 76.3 Å². The lowest BCUT2D eigenvalue weighted by Crippen LogP contribution is -2.39. The van der Waals surface area contributed by atoms with E-state index in [-0.39, 0.29) is 18.6 Å². The molecule has 1 aliphatic rings. The minimum atomic E-state index is -0.262. The molecule has 3 rings (SSSR count). The summed E-state index contributed by atoms with van der Waals surface area (Å²) in [5.41, 5.74) is 1.24. The number of tetrazole rings is 1. The van der Waals surface area contributed by atoms with Crippen molar-refractivity contribution >= 4 is 11.7 Å². The fourth-order valence-electron chi connectivity index (χ4n) is 2.74. The highest BCUT2D eigenvalue weighted by Crippen LogP contribution is 2.24. The van der Waals surface area contributed by atoms with Crippen molar-refractivity contribution < 1.29 is 19.4 Å². The first-order chi connectivity index (χ1) is 12.6. The summed E-state index contributed by atoms with van der Waals surface area (Å²) in [6, 6.07) is 5.00. The first-order valence-corrected chi connectivity index (χ1v) is 8.29. The zero-order valence-corrected chi connectivity index (χ0v) is 14.8. The van der Waals surface area contributed by atoms with Gasteiger partial charge in [0.1, 0.15) is 5.75 Å². The summed E-state index contributed by atoms with van der Waals surface area (Å²) in [5.74, 6) is 1.10. The third-order valence-corrected chi connectivity index (χ3v) is 4.13. The van der Waals surface area contributed by atoms with Crippen LogP contribution in [-0.2, 0) is 4.74 Å². The number of benzene rings is 1. The van der Waals surface area contributed by atoms with Gasteiger partial charge in [0, 0.05) is 43.4 Å². The average Bonchev–Trinajstić information content (AvgIpc) is 2.93. The smallest absolute Gasteiger partial charge is 0.321 e. The molecule has 2 aromatic rings. The number of nitrogens with zero attached hydrogens (tertiary/aromatic N) is 5. The monoisotopic (exact) mass is 362 g/mol. The Kier molecular flexibility index (Phi) is 5.64. The zero-order valence-electron chi connectivity index (χ0n) is 14.8. The zero-order chi connectivity index (χ0) is 18.5. The second-order valence-electron chi connectivity index (χ2n) is 6.06. The number of rotatable bonds is 4. The van der Waals surface area contributed by atoms with Gasteiger partial charge >= 0.3 is 6.03 Å². The Bertz CT molecular complexity index is 765. The van der Waals surface area contributed by atoms with Crippen molar-refractivity contribution in [1.29, 1.82) is 0 Å². The van der Waals surface area contributed by atoms with Crippen molar-refractivity contribution in [1.82, 2.24) is 25.1 Å². The maximum Gasteiger partial charge on any atom is 0.321 e. The second kappa shape index (κ2) is 8.11. The number of methoxy groups -OCH3 is 1. The third kappa shape index (κ3) is 4.09. The third-order valence-electron chi connectivity index (χ3n) is 4.13. The fourth-order valence-corrected chi connectivity index (χ4v) is 2.74. The van der Waals surface area contributed by atoms with E-state index in [4.69, 9.17) is 9.47 Å². The molecule has 1 aromatic heterocycles. The first-order valence-electron chi connectivity index (χ1n) is 8.29. The molecule has 2 amide bonds.